The van der Waals surface area contributed by atoms with Crippen molar-refractivity contribution in [3.63, 3.8) is 0 Å². The van der Waals surface area contributed by atoms with E-state index in [0.29, 0.717) is 18.6 Å². The van der Waals surface area contributed by atoms with Gasteiger partial charge >= 0.3 is 0 Å². The predicted molar refractivity (Wildman–Crippen MR) is 63.8 cm³/mol. The average Bonchev–Trinajstić information content (AvgIpc) is 2.76. The number of rotatable bonds is 1. The van der Waals surface area contributed by atoms with E-state index in [1.54, 1.807) is 12.1 Å². The van der Waals surface area contributed by atoms with Crippen LogP contribution in [0, 0.1) is 11.4 Å². The highest BCUT2D eigenvalue weighted by molar-refractivity contribution is 5.81. The smallest absolute Gasteiger partial charge is 0.252 e. The average molecular weight is 252 g/mol. The molecule has 2 heterocycles. The van der Waals surface area contributed by atoms with E-state index in [0.717, 1.165) is 0 Å². The molecule has 0 bridgehead atoms. The summed E-state index contributed by atoms with van der Waals surface area (Å²) in [4.78, 5) is 21.2. The van der Waals surface area contributed by atoms with Gasteiger partial charge in [0.1, 0.15) is 0 Å². The first-order valence-electron chi connectivity index (χ1n) is 5.98. The highest BCUT2D eigenvalue weighted by atomic mass is 19.1. The number of carbonyl (C=O) groups is 1. The highest BCUT2D eigenvalue weighted by Gasteiger charge is 2.38. The summed E-state index contributed by atoms with van der Waals surface area (Å²) in [5, 5.41) is 1.29. The summed E-state index contributed by atoms with van der Waals surface area (Å²) in [6, 6.07) is 2.92. The Morgan fingerprint density at radius 3 is 2.89 bits per heavy atom. The van der Waals surface area contributed by atoms with Crippen LogP contribution in [0.1, 0.15) is 38.8 Å². The van der Waals surface area contributed by atoms with Crippen molar-refractivity contribution in [2.45, 2.75) is 33.2 Å². The van der Waals surface area contributed by atoms with Gasteiger partial charge in [-0.05, 0) is 6.07 Å². The number of hydrogen-bond donors (Lipinski definition) is 0. The van der Waals surface area contributed by atoms with Crippen LogP contribution in [0.4, 0.5) is 4.39 Å². The van der Waals surface area contributed by atoms with Crippen molar-refractivity contribution in [2.75, 3.05) is 6.61 Å². The molecule has 1 aliphatic rings. The fourth-order valence-electron chi connectivity index (χ4n) is 1.93. The molecule has 1 aromatic rings. The molecule has 0 radical (unpaired) electrons. The maximum atomic E-state index is 13.7. The maximum absolute atomic E-state index is 13.7. The summed E-state index contributed by atoms with van der Waals surface area (Å²) in [5.41, 5.74) is -0.144. The molecule has 1 amide bonds. The number of hydroxylamine groups is 2. The molecule has 0 saturated carbocycles. The lowest BCUT2D eigenvalue weighted by atomic mass is 9.94. The number of pyridine rings is 1. The third kappa shape index (κ3) is 2.36. The molecule has 1 unspecified atom stereocenters. The number of nitrogens with zero attached hydrogens (tertiary/aromatic N) is 2. The second-order valence-electron chi connectivity index (χ2n) is 5.40. The summed E-state index contributed by atoms with van der Waals surface area (Å²) in [6.07, 6.45) is 1.98. The molecule has 1 atom stereocenters. The second kappa shape index (κ2) is 4.65. The Bertz CT molecular complexity index is 457. The Morgan fingerprint density at radius 1 is 1.56 bits per heavy atom. The summed E-state index contributed by atoms with van der Waals surface area (Å²) in [6.45, 7) is 5.86. The van der Waals surface area contributed by atoms with Crippen molar-refractivity contribution in [1.29, 1.82) is 0 Å². The zero-order valence-electron chi connectivity index (χ0n) is 10.8. The van der Waals surface area contributed by atoms with Crippen LogP contribution in [0.5, 0.6) is 0 Å². The second-order valence-corrected chi connectivity index (χ2v) is 5.40. The molecule has 4 nitrogen and oxygen atoms in total. The van der Waals surface area contributed by atoms with E-state index in [-0.39, 0.29) is 11.9 Å². The lowest BCUT2D eigenvalue weighted by Gasteiger charge is -2.29. The van der Waals surface area contributed by atoms with Gasteiger partial charge in [-0.25, -0.2) is 10.0 Å². The molecule has 1 fully saturated rings. The maximum Gasteiger partial charge on any atom is 0.252 e. The van der Waals surface area contributed by atoms with Crippen LogP contribution < -0.4 is 0 Å². The van der Waals surface area contributed by atoms with Crippen LogP contribution >= 0.6 is 0 Å². The van der Waals surface area contributed by atoms with E-state index in [9.17, 15) is 9.18 Å². The number of carbonyl (C=O) groups excluding carboxylic acids is 1. The summed E-state index contributed by atoms with van der Waals surface area (Å²) < 4.78 is 13.7. The van der Waals surface area contributed by atoms with Crippen molar-refractivity contribution >= 4 is 5.91 Å². The van der Waals surface area contributed by atoms with Crippen LogP contribution in [-0.2, 0) is 9.63 Å². The minimum absolute atomic E-state index is 0.145. The third-order valence-electron chi connectivity index (χ3n) is 2.89. The van der Waals surface area contributed by atoms with Crippen LogP contribution in [0.3, 0.4) is 0 Å². The Morgan fingerprint density at radius 2 is 2.28 bits per heavy atom. The van der Waals surface area contributed by atoms with Crippen molar-refractivity contribution in [2.24, 2.45) is 5.41 Å². The molecule has 1 saturated heterocycles. The van der Waals surface area contributed by atoms with Crippen LogP contribution in [0.25, 0.3) is 0 Å². The molecule has 98 valence electrons. The molecular weight excluding hydrogens is 235 g/mol. The van der Waals surface area contributed by atoms with Gasteiger partial charge < -0.3 is 0 Å². The van der Waals surface area contributed by atoms with Gasteiger partial charge in [-0.2, -0.15) is 4.39 Å². The summed E-state index contributed by atoms with van der Waals surface area (Å²) in [5.74, 6) is -0.687. The van der Waals surface area contributed by atoms with Crippen molar-refractivity contribution < 1.29 is 14.0 Å². The quantitative estimate of drug-likeness (QED) is 0.721. The van der Waals surface area contributed by atoms with Crippen LogP contribution in [0.2, 0.25) is 0 Å². The van der Waals surface area contributed by atoms with Gasteiger partial charge in [0.2, 0.25) is 5.95 Å². The molecule has 2 rings (SSSR count). The zero-order valence-corrected chi connectivity index (χ0v) is 10.8. The summed E-state index contributed by atoms with van der Waals surface area (Å²) >= 11 is 0. The van der Waals surface area contributed by atoms with Crippen molar-refractivity contribution in [1.82, 2.24) is 10.0 Å². The minimum Gasteiger partial charge on any atom is -0.272 e. The van der Waals surface area contributed by atoms with Crippen LogP contribution in [-0.4, -0.2) is 22.6 Å². The molecule has 5 heteroatoms. The Kier molecular flexibility index (Phi) is 3.34. The van der Waals surface area contributed by atoms with E-state index in [2.05, 4.69) is 4.98 Å². The summed E-state index contributed by atoms with van der Waals surface area (Å²) in [7, 11) is 0. The minimum atomic E-state index is -0.554. The fourth-order valence-corrected chi connectivity index (χ4v) is 1.93. The van der Waals surface area contributed by atoms with Crippen molar-refractivity contribution in [3.8, 4) is 0 Å². The highest BCUT2D eigenvalue weighted by Crippen LogP contribution is 2.34. The molecule has 0 N–H and O–H groups in total. The SMILES string of the molecule is CC(C)(C)C(=O)N1OCCC1c1cccnc1F. The molecule has 0 spiro atoms. The molecule has 1 aliphatic heterocycles. The Hall–Kier alpha value is -1.49. The molecule has 1 aromatic heterocycles. The third-order valence-corrected chi connectivity index (χ3v) is 2.89. The van der Waals surface area contributed by atoms with Gasteiger partial charge in [0.25, 0.3) is 5.91 Å². The standard InChI is InChI=1S/C13H17FN2O2/c1-13(2,3)12(17)16-10(6-8-18-16)9-5-4-7-15-11(9)14/h4-5,7,10H,6,8H2,1-3H3. The zero-order chi connectivity index (χ0) is 13.3. The van der Waals surface area contributed by atoms with Gasteiger partial charge in [-0.15, -0.1) is 0 Å². The monoisotopic (exact) mass is 252 g/mol. The van der Waals surface area contributed by atoms with E-state index in [1.165, 1.54) is 11.3 Å². The first-order chi connectivity index (χ1) is 8.41. The number of hydrogen-bond acceptors (Lipinski definition) is 3. The molecule has 0 aliphatic carbocycles. The van der Waals surface area contributed by atoms with E-state index in [1.807, 2.05) is 20.8 Å². The van der Waals surface area contributed by atoms with Crippen LogP contribution in [0.15, 0.2) is 18.3 Å². The lowest BCUT2D eigenvalue weighted by molar-refractivity contribution is -0.186. The Balaban J connectivity index is 2.29. The van der Waals surface area contributed by atoms with E-state index in [4.69, 9.17) is 4.84 Å². The van der Waals surface area contributed by atoms with Gasteiger partial charge in [0.15, 0.2) is 0 Å². The number of amides is 1. The number of aromatic nitrogens is 1. The van der Waals surface area contributed by atoms with Gasteiger partial charge in [-0.1, -0.05) is 26.8 Å². The van der Waals surface area contributed by atoms with Gasteiger partial charge in [0, 0.05) is 23.6 Å². The molecule has 18 heavy (non-hydrogen) atoms. The Labute approximate surface area is 106 Å². The first kappa shape index (κ1) is 13.0. The fraction of sp³-hybridized carbons (Fsp3) is 0.538. The van der Waals surface area contributed by atoms with Crippen molar-refractivity contribution in [3.05, 3.63) is 29.8 Å². The largest absolute Gasteiger partial charge is 0.272 e. The lowest BCUT2D eigenvalue weighted by Crippen LogP contribution is -2.38. The first-order valence-corrected chi connectivity index (χ1v) is 5.98. The number of halogens is 1. The normalized spacial score (nSPS) is 20.2. The van der Waals surface area contributed by atoms with Gasteiger partial charge in [0.05, 0.1) is 12.6 Å². The molecule has 0 aromatic carbocycles. The predicted octanol–water partition coefficient (Wildman–Crippen LogP) is 2.47. The molecular formula is C13H17FN2O2. The van der Waals surface area contributed by atoms with E-state index >= 15 is 0 Å². The topological polar surface area (TPSA) is 42.4 Å². The van der Waals surface area contributed by atoms with Gasteiger partial charge in [-0.3, -0.25) is 9.63 Å². The van der Waals surface area contributed by atoms with E-state index < -0.39 is 11.4 Å².